The van der Waals surface area contributed by atoms with E-state index in [2.05, 4.69) is 22.4 Å². The molecule has 0 aliphatic heterocycles. The summed E-state index contributed by atoms with van der Waals surface area (Å²) in [6.07, 6.45) is 0.483. The number of fused-ring (bicyclic) bond motifs is 3. The highest BCUT2D eigenvalue weighted by Gasteiger charge is 2.08. The van der Waals surface area contributed by atoms with Gasteiger partial charge in [0.1, 0.15) is 0 Å². The van der Waals surface area contributed by atoms with E-state index in [9.17, 15) is 4.79 Å². The number of benzene rings is 2. The largest absolute Gasteiger partial charge is 0.353 e. The number of aromatic amines is 1. The van der Waals surface area contributed by atoms with E-state index in [1.165, 1.54) is 5.39 Å². The van der Waals surface area contributed by atoms with Gasteiger partial charge in [-0.25, -0.2) is 0 Å². The molecule has 0 aliphatic carbocycles. The van der Waals surface area contributed by atoms with Crippen LogP contribution in [0.1, 0.15) is 13.3 Å². The first-order valence-electron chi connectivity index (χ1n) is 6.09. The summed E-state index contributed by atoms with van der Waals surface area (Å²) >= 11 is 0. The summed E-state index contributed by atoms with van der Waals surface area (Å²) in [7, 11) is 0. The van der Waals surface area contributed by atoms with Gasteiger partial charge in [-0.05, 0) is 12.1 Å². The van der Waals surface area contributed by atoms with Crippen molar-refractivity contribution in [1.29, 1.82) is 0 Å². The minimum Gasteiger partial charge on any atom is -0.353 e. The minimum atomic E-state index is 0.0288. The Balaban J connectivity index is 2.24. The van der Waals surface area contributed by atoms with Crippen molar-refractivity contribution in [2.75, 3.05) is 5.32 Å². The Morgan fingerprint density at radius 1 is 1.11 bits per heavy atom. The van der Waals surface area contributed by atoms with E-state index in [1.54, 1.807) is 0 Å². The molecule has 0 aliphatic rings. The fourth-order valence-electron chi connectivity index (χ4n) is 2.22. The number of carbonyl (C=O) groups is 1. The maximum absolute atomic E-state index is 11.5. The molecule has 0 spiro atoms. The zero-order valence-corrected chi connectivity index (χ0v) is 10.2. The van der Waals surface area contributed by atoms with Gasteiger partial charge in [0.05, 0.1) is 11.2 Å². The lowest BCUT2D eigenvalue weighted by Crippen LogP contribution is -2.09. The lowest BCUT2D eigenvalue weighted by Gasteiger charge is -2.04. The van der Waals surface area contributed by atoms with Crippen molar-refractivity contribution in [1.82, 2.24) is 4.98 Å². The van der Waals surface area contributed by atoms with Crippen LogP contribution in [-0.2, 0) is 4.79 Å². The Labute approximate surface area is 105 Å². The van der Waals surface area contributed by atoms with E-state index in [0.29, 0.717) is 6.42 Å². The highest BCUT2D eigenvalue weighted by Crippen LogP contribution is 2.29. The maximum Gasteiger partial charge on any atom is 0.224 e. The summed E-state index contributed by atoms with van der Waals surface area (Å²) in [6, 6.07) is 14.1. The Bertz CT molecular complexity index is 728. The topological polar surface area (TPSA) is 44.9 Å². The summed E-state index contributed by atoms with van der Waals surface area (Å²) in [5.41, 5.74) is 2.92. The van der Waals surface area contributed by atoms with Crippen molar-refractivity contribution < 1.29 is 4.79 Å². The molecule has 1 amide bonds. The molecule has 1 aromatic heterocycles. The smallest absolute Gasteiger partial charge is 0.224 e. The number of rotatable bonds is 2. The predicted octanol–water partition coefficient (Wildman–Crippen LogP) is 3.67. The van der Waals surface area contributed by atoms with E-state index in [4.69, 9.17) is 0 Å². The van der Waals surface area contributed by atoms with Gasteiger partial charge in [0.2, 0.25) is 5.91 Å². The monoisotopic (exact) mass is 238 g/mol. The van der Waals surface area contributed by atoms with Crippen LogP contribution in [-0.4, -0.2) is 10.9 Å². The van der Waals surface area contributed by atoms with Crippen LogP contribution < -0.4 is 5.32 Å². The third kappa shape index (κ3) is 1.64. The number of H-pyrrole nitrogens is 1. The number of hydrogen-bond donors (Lipinski definition) is 2. The van der Waals surface area contributed by atoms with Gasteiger partial charge in [-0.15, -0.1) is 0 Å². The first-order valence-corrected chi connectivity index (χ1v) is 6.09. The van der Waals surface area contributed by atoms with Crippen LogP contribution in [0, 0.1) is 0 Å². The highest BCUT2D eigenvalue weighted by atomic mass is 16.1. The lowest BCUT2D eigenvalue weighted by molar-refractivity contribution is -0.115. The van der Waals surface area contributed by atoms with E-state index < -0.39 is 0 Å². The van der Waals surface area contributed by atoms with Crippen LogP contribution in [0.2, 0.25) is 0 Å². The number of aromatic nitrogens is 1. The van der Waals surface area contributed by atoms with E-state index >= 15 is 0 Å². The summed E-state index contributed by atoms with van der Waals surface area (Å²) in [4.78, 5) is 14.9. The number of nitrogens with one attached hydrogen (secondary N) is 2. The molecule has 0 fully saturated rings. The van der Waals surface area contributed by atoms with Gasteiger partial charge in [0.15, 0.2) is 0 Å². The molecule has 3 heteroatoms. The molecule has 0 radical (unpaired) electrons. The van der Waals surface area contributed by atoms with Gasteiger partial charge in [-0.2, -0.15) is 0 Å². The number of amides is 1. The summed E-state index contributed by atoms with van der Waals surface area (Å²) < 4.78 is 0. The number of para-hydroxylation sites is 2. The quantitative estimate of drug-likeness (QED) is 0.703. The third-order valence-electron chi connectivity index (χ3n) is 3.14. The maximum atomic E-state index is 11.5. The fourth-order valence-corrected chi connectivity index (χ4v) is 2.22. The number of carbonyl (C=O) groups excluding carboxylic acids is 1. The average molecular weight is 238 g/mol. The van der Waals surface area contributed by atoms with Crippen LogP contribution in [0.3, 0.4) is 0 Å². The molecule has 0 atom stereocenters. The Morgan fingerprint density at radius 3 is 2.72 bits per heavy atom. The summed E-state index contributed by atoms with van der Waals surface area (Å²) in [5.74, 6) is 0.0288. The zero-order chi connectivity index (χ0) is 12.5. The van der Waals surface area contributed by atoms with Gasteiger partial charge >= 0.3 is 0 Å². The van der Waals surface area contributed by atoms with Gasteiger partial charge in [-0.1, -0.05) is 37.3 Å². The Kier molecular flexibility index (Phi) is 2.52. The van der Waals surface area contributed by atoms with E-state index in [-0.39, 0.29) is 5.91 Å². The van der Waals surface area contributed by atoms with Crippen LogP contribution in [0.5, 0.6) is 0 Å². The molecule has 0 saturated heterocycles. The number of anilines is 1. The second kappa shape index (κ2) is 4.18. The minimum absolute atomic E-state index is 0.0288. The molecule has 18 heavy (non-hydrogen) atoms. The predicted molar refractivity (Wildman–Crippen MR) is 74.7 cm³/mol. The van der Waals surface area contributed by atoms with Crippen LogP contribution in [0.15, 0.2) is 42.5 Å². The van der Waals surface area contributed by atoms with Crippen molar-refractivity contribution in [3.8, 4) is 0 Å². The second-order valence-electron chi connectivity index (χ2n) is 4.30. The molecular weight excluding hydrogens is 224 g/mol. The van der Waals surface area contributed by atoms with Crippen LogP contribution >= 0.6 is 0 Å². The van der Waals surface area contributed by atoms with Crippen LogP contribution in [0.4, 0.5) is 5.69 Å². The molecule has 2 aromatic carbocycles. The second-order valence-corrected chi connectivity index (χ2v) is 4.30. The summed E-state index contributed by atoms with van der Waals surface area (Å²) in [6.45, 7) is 1.85. The molecule has 3 rings (SSSR count). The molecule has 0 unspecified atom stereocenters. The highest BCUT2D eigenvalue weighted by molar-refractivity contribution is 6.12. The zero-order valence-electron chi connectivity index (χ0n) is 10.2. The third-order valence-corrected chi connectivity index (χ3v) is 3.14. The van der Waals surface area contributed by atoms with Crippen molar-refractivity contribution in [2.45, 2.75) is 13.3 Å². The van der Waals surface area contributed by atoms with Gasteiger partial charge in [0.25, 0.3) is 0 Å². The van der Waals surface area contributed by atoms with Crippen molar-refractivity contribution in [3.05, 3.63) is 42.5 Å². The normalized spacial score (nSPS) is 10.9. The molecule has 90 valence electrons. The first kappa shape index (κ1) is 10.8. The lowest BCUT2D eigenvalue weighted by atomic mass is 10.1. The first-order chi connectivity index (χ1) is 8.79. The van der Waals surface area contributed by atoms with Crippen molar-refractivity contribution in [2.24, 2.45) is 0 Å². The Morgan fingerprint density at radius 2 is 1.89 bits per heavy atom. The summed E-state index contributed by atoms with van der Waals surface area (Å²) in [5, 5.41) is 5.24. The number of hydrogen-bond acceptors (Lipinski definition) is 1. The van der Waals surface area contributed by atoms with Crippen molar-refractivity contribution >= 4 is 33.4 Å². The Hall–Kier alpha value is -2.29. The fraction of sp³-hybridized carbons (Fsp3) is 0.133. The van der Waals surface area contributed by atoms with Crippen LogP contribution in [0.25, 0.3) is 21.8 Å². The van der Waals surface area contributed by atoms with Gasteiger partial charge < -0.3 is 10.3 Å². The van der Waals surface area contributed by atoms with Gasteiger partial charge in [0, 0.05) is 22.7 Å². The molecule has 3 nitrogen and oxygen atoms in total. The standard InChI is InChI=1S/C15H14N2O/c1-2-14(18)16-13-9-5-7-11-10-6-3-4-8-12(10)17-15(11)13/h3-9,17H,2H2,1H3,(H,16,18). The van der Waals surface area contributed by atoms with E-state index in [1.807, 2.05) is 37.3 Å². The molecule has 2 N–H and O–H groups in total. The van der Waals surface area contributed by atoms with Gasteiger partial charge in [-0.3, -0.25) is 4.79 Å². The SMILES string of the molecule is CCC(=O)Nc1cccc2c1[nH]c1ccccc12. The average Bonchev–Trinajstić information content (AvgIpc) is 2.78. The van der Waals surface area contributed by atoms with Crippen molar-refractivity contribution in [3.63, 3.8) is 0 Å². The molecular formula is C15H14N2O. The molecule has 0 saturated carbocycles. The molecule has 0 bridgehead atoms. The van der Waals surface area contributed by atoms with E-state index in [0.717, 1.165) is 22.1 Å². The molecule has 1 heterocycles. The molecule has 3 aromatic rings.